The molecule has 0 rings (SSSR count). The Bertz CT molecular complexity index is 322. The molecular weight excluding hydrogens is 252 g/mol. The molecule has 0 radical (unpaired) electrons. The van der Waals surface area contributed by atoms with E-state index >= 15 is 0 Å². The number of hydrogen-bond donors (Lipinski definition) is 5. The summed E-state index contributed by atoms with van der Waals surface area (Å²) in [5, 5.41) is 11.2. The molecule has 0 fully saturated rings. The molecule has 8 N–H and O–H groups in total. The van der Waals surface area contributed by atoms with Crippen molar-refractivity contribution in [2.24, 2.45) is 17.2 Å². The van der Waals surface area contributed by atoms with Crippen LogP contribution in [-0.2, 0) is 14.4 Å². The van der Waals surface area contributed by atoms with Gasteiger partial charge in [-0.3, -0.25) is 9.59 Å². The molecule has 0 spiro atoms. The van der Waals surface area contributed by atoms with Crippen LogP contribution in [0.25, 0.3) is 0 Å². The fourth-order valence-electron chi connectivity index (χ4n) is 1.46. The summed E-state index contributed by atoms with van der Waals surface area (Å²) >= 11 is 0. The maximum absolute atomic E-state index is 11.6. The second kappa shape index (κ2) is 9.29. The highest BCUT2D eigenvalue weighted by Gasteiger charge is 2.23. The molecule has 110 valence electrons. The number of primary amides is 1. The van der Waals surface area contributed by atoms with Crippen LogP contribution in [0.5, 0.6) is 0 Å². The zero-order valence-electron chi connectivity index (χ0n) is 10.8. The van der Waals surface area contributed by atoms with E-state index in [0.717, 1.165) is 6.42 Å². The lowest BCUT2D eigenvalue weighted by Gasteiger charge is -2.17. The molecule has 8 heteroatoms. The average Bonchev–Trinajstić information content (AvgIpc) is 2.33. The minimum Gasteiger partial charge on any atom is -0.480 e. The van der Waals surface area contributed by atoms with Crippen LogP contribution < -0.4 is 22.5 Å². The van der Waals surface area contributed by atoms with Crippen molar-refractivity contribution in [1.29, 1.82) is 0 Å². The van der Waals surface area contributed by atoms with Gasteiger partial charge in [-0.2, -0.15) is 0 Å². The molecule has 19 heavy (non-hydrogen) atoms. The lowest BCUT2D eigenvalue weighted by molar-refractivity contribution is -0.142. The highest BCUT2D eigenvalue weighted by atomic mass is 16.4. The summed E-state index contributed by atoms with van der Waals surface area (Å²) in [5.74, 6) is -2.38. The molecule has 0 aliphatic rings. The van der Waals surface area contributed by atoms with Gasteiger partial charge in [0.1, 0.15) is 6.04 Å². The van der Waals surface area contributed by atoms with Crippen LogP contribution in [0.2, 0.25) is 0 Å². The van der Waals surface area contributed by atoms with Gasteiger partial charge >= 0.3 is 5.97 Å². The first kappa shape index (κ1) is 17.3. The zero-order valence-corrected chi connectivity index (χ0v) is 10.8. The van der Waals surface area contributed by atoms with Crippen LogP contribution in [0.1, 0.15) is 32.1 Å². The average molecular weight is 274 g/mol. The third kappa shape index (κ3) is 8.11. The van der Waals surface area contributed by atoms with Crippen molar-refractivity contribution < 1.29 is 19.5 Å². The van der Waals surface area contributed by atoms with Gasteiger partial charge in [0.25, 0.3) is 0 Å². The number of nitrogens with one attached hydrogen (secondary N) is 1. The predicted octanol–water partition coefficient (Wildman–Crippen LogP) is -1.72. The molecule has 0 aromatic carbocycles. The molecule has 0 aliphatic heterocycles. The Labute approximate surface area is 111 Å². The monoisotopic (exact) mass is 274 g/mol. The summed E-state index contributed by atoms with van der Waals surface area (Å²) in [6.07, 6.45) is 1.73. The number of amides is 2. The molecular formula is C11H22N4O4. The summed E-state index contributed by atoms with van der Waals surface area (Å²) in [6.45, 7) is 0.519. The minimum absolute atomic E-state index is 0.0497. The van der Waals surface area contributed by atoms with Gasteiger partial charge in [0, 0.05) is 6.42 Å². The molecule has 1 unspecified atom stereocenters. The zero-order chi connectivity index (χ0) is 14.8. The van der Waals surface area contributed by atoms with E-state index in [9.17, 15) is 14.4 Å². The van der Waals surface area contributed by atoms with Crippen molar-refractivity contribution >= 4 is 17.8 Å². The smallest absolute Gasteiger partial charge is 0.326 e. The number of carboxylic acid groups (broad SMARTS) is 1. The quantitative estimate of drug-likeness (QED) is 0.297. The van der Waals surface area contributed by atoms with Gasteiger partial charge in [-0.25, -0.2) is 4.79 Å². The van der Waals surface area contributed by atoms with Crippen molar-refractivity contribution in [3.8, 4) is 0 Å². The summed E-state index contributed by atoms with van der Waals surface area (Å²) in [7, 11) is 0. The molecule has 0 heterocycles. The summed E-state index contributed by atoms with van der Waals surface area (Å²) in [5.41, 5.74) is 15.9. The van der Waals surface area contributed by atoms with Crippen LogP contribution in [0.3, 0.4) is 0 Å². The summed E-state index contributed by atoms with van der Waals surface area (Å²) in [6, 6.07) is -1.93. The first-order chi connectivity index (χ1) is 8.88. The fraction of sp³-hybridized carbons (Fsp3) is 0.727. The van der Waals surface area contributed by atoms with Gasteiger partial charge in [0.2, 0.25) is 11.8 Å². The second-order valence-electron chi connectivity index (χ2n) is 4.30. The van der Waals surface area contributed by atoms with Crippen molar-refractivity contribution in [1.82, 2.24) is 5.32 Å². The number of rotatable bonds is 10. The van der Waals surface area contributed by atoms with Gasteiger partial charge in [0.05, 0.1) is 6.04 Å². The number of hydrogen-bond acceptors (Lipinski definition) is 5. The maximum Gasteiger partial charge on any atom is 0.326 e. The molecule has 2 amide bonds. The van der Waals surface area contributed by atoms with E-state index in [1.807, 2.05) is 0 Å². The van der Waals surface area contributed by atoms with E-state index in [1.165, 1.54) is 0 Å². The van der Waals surface area contributed by atoms with Crippen LogP contribution in [0.15, 0.2) is 0 Å². The predicted molar refractivity (Wildman–Crippen MR) is 68.9 cm³/mol. The van der Waals surface area contributed by atoms with E-state index in [4.69, 9.17) is 22.3 Å². The lowest BCUT2D eigenvalue weighted by Crippen LogP contribution is -2.48. The Hall–Kier alpha value is -1.67. The number of carboxylic acids is 1. The van der Waals surface area contributed by atoms with E-state index in [2.05, 4.69) is 5.32 Å². The number of carbonyl (C=O) groups is 3. The van der Waals surface area contributed by atoms with E-state index in [0.29, 0.717) is 19.4 Å². The highest BCUT2D eigenvalue weighted by molar-refractivity contribution is 5.87. The van der Waals surface area contributed by atoms with Crippen LogP contribution in [0.4, 0.5) is 0 Å². The SMILES string of the molecule is NCCCCC(N)C(=O)N[C@@H](CCC(N)=O)C(=O)O. The standard InChI is InChI=1S/C11H22N4O4/c12-6-2-1-3-7(13)10(17)15-8(11(18)19)4-5-9(14)16/h7-8H,1-6,12-13H2,(H2,14,16)(H,15,17)(H,18,19)/t7?,8-/m0/s1. The Morgan fingerprint density at radius 2 is 1.79 bits per heavy atom. The largest absolute Gasteiger partial charge is 0.480 e. The molecule has 0 aliphatic carbocycles. The molecule has 0 bridgehead atoms. The lowest BCUT2D eigenvalue weighted by atomic mass is 10.1. The number of nitrogens with two attached hydrogens (primary N) is 3. The maximum atomic E-state index is 11.6. The molecule has 0 aromatic heterocycles. The minimum atomic E-state index is -1.22. The second-order valence-corrected chi connectivity index (χ2v) is 4.30. The Kier molecular flexibility index (Phi) is 8.47. The molecule has 0 aromatic rings. The number of aliphatic carboxylic acids is 1. The topological polar surface area (TPSA) is 162 Å². The molecule has 0 saturated heterocycles. The van der Waals surface area contributed by atoms with Gasteiger partial charge in [-0.05, 0) is 25.8 Å². The molecule has 8 nitrogen and oxygen atoms in total. The Morgan fingerprint density at radius 1 is 1.16 bits per heavy atom. The summed E-state index contributed by atoms with van der Waals surface area (Å²) in [4.78, 5) is 33.2. The van der Waals surface area contributed by atoms with Crippen molar-refractivity contribution in [3.63, 3.8) is 0 Å². The van der Waals surface area contributed by atoms with Gasteiger partial charge in [-0.15, -0.1) is 0 Å². The highest BCUT2D eigenvalue weighted by Crippen LogP contribution is 2.01. The van der Waals surface area contributed by atoms with Crippen molar-refractivity contribution in [2.45, 2.75) is 44.2 Å². The fourth-order valence-corrected chi connectivity index (χ4v) is 1.46. The number of unbranched alkanes of at least 4 members (excludes halogenated alkanes) is 1. The first-order valence-corrected chi connectivity index (χ1v) is 6.15. The third-order valence-corrected chi connectivity index (χ3v) is 2.60. The normalized spacial score (nSPS) is 13.6. The van der Waals surface area contributed by atoms with Gasteiger partial charge < -0.3 is 27.6 Å². The summed E-state index contributed by atoms with van der Waals surface area (Å²) < 4.78 is 0. The van der Waals surface area contributed by atoms with Crippen LogP contribution in [-0.4, -0.2) is 41.5 Å². The van der Waals surface area contributed by atoms with E-state index in [-0.39, 0.29) is 12.8 Å². The van der Waals surface area contributed by atoms with Gasteiger partial charge in [0.15, 0.2) is 0 Å². The first-order valence-electron chi connectivity index (χ1n) is 6.15. The van der Waals surface area contributed by atoms with Gasteiger partial charge in [-0.1, -0.05) is 6.42 Å². The Morgan fingerprint density at radius 3 is 2.26 bits per heavy atom. The molecule has 0 saturated carbocycles. The van der Waals surface area contributed by atoms with E-state index < -0.39 is 29.9 Å². The van der Waals surface area contributed by atoms with E-state index in [1.54, 1.807) is 0 Å². The molecule has 2 atom stereocenters. The van der Waals surface area contributed by atoms with Crippen LogP contribution in [0, 0.1) is 0 Å². The Balaban J connectivity index is 4.22. The van der Waals surface area contributed by atoms with Crippen LogP contribution >= 0.6 is 0 Å². The van der Waals surface area contributed by atoms with Crippen molar-refractivity contribution in [2.75, 3.05) is 6.54 Å². The third-order valence-electron chi connectivity index (χ3n) is 2.60. The number of carbonyl (C=O) groups excluding carboxylic acids is 2. The van der Waals surface area contributed by atoms with Crippen molar-refractivity contribution in [3.05, 3.63) is 0 Å².